The van der Waals surface area contributed by atoms with E-state index in [2.05, 4.69) is 4.98 Å². The van der Waals surface area contributed by atoms with Gasteiger partial charge in [-0.05, 0) is 31.5 Å². The Labute approximate surface area is 122 Å². The van der Waals surface area contributed by atoms with Crippen LogP contribution in [0.3, 0.4) is 0 Å². The first-order chi connectivity index (χ1) is 9.99. The maximum Gasteiger partial charge on any atom is 0.335 e. The van der Waals surface area contributed by atoms with E-state index in [1.165, 1.54) is 19.2 Å². The third kappa shape index (κ3) is 2.74. The zero-order valence-electron chi connectivity index (χ0n) is 12.3. The molecule has 0 aliphatic carbocycles. The summed E-state index contributed by atoms with van der Waals surface area (Å²) in [5.41, 5.74) is 1.50. The number of imidazole rings is 1. The largest absolute Gasteiger partial charge is 0.478 e. The van der Waals surface area contributed by atoms with Gasteiger partial charge in [-0.15, -0.1) is 0 Å². The van der Waals surface area contributed by atoms with Gasteiger partial charge in [0.15, 0.2) is 0 Å². The number of rotatable bonds is 5. The average molecular weight is 290 g/mol. The second-order valence-electron chi connectivity index (χ2n) is 4.86. The van der Waals surface area contributed by atoms with Gasteiger partial charge in [0.25, 0.3) is 0 Å². The number of benzene rings is 1. The molecule has 1 aromatic carbocycles. The predicted octanol–water partition coefficient (Wildman–Crippen LogP) is 2.42. The minimum atomic E-state index is -0.996. The van der Waals surface area contributed by atoms with Crippen molar-refractivity contribution in [3.8, 4) is 0 Å². The topological polar surface area (TPSA) is 81.4 Å². The lowest BCUT2D eigenvalue weighted by Gasteiger charge is -2.15. The summed E-state index contributed by atoms with van der Waals surface area (Å²) in [6, 6.07) is 4.22. The van der Waals surface area contributed by atoms with Gasteiger partial charge in [-0.2, -0.15) is 0 Å². The highest BCUT2D eigenvalue weighted by molar-refractivity contribution is 5.93. The molecule has 2 aromatic rings. The highest BCUT2D eigenvalue weighted by Crippen LogP contribution is 2.24. The lowest BCUT2D eigenvalue weighted by Crippen LogP contribution is -2.19. The molecule has 2 rings (SSSR count). The van der Waals surface area contributed by atoms with E-state index in [0.29, 0.717) is 11.9 Å². The van der Waals surface area contributed by atoms with Gasteiger partial charge in [-0.3, -0.25) is 0 Å². The van der Waals surface area contributed by atoms with E-state index in [0.717, 1.165) is 17.8 Å². The van der Waals surface area contributed by atoms with Gasteiger partial charge >= 0.3 is 11.9 Å². The van der Waals surface area contributed by atoms with Crippen LogP contribution in [0.25, 0.3) is 11.0 Å². The van der Waals surface area contributed by atoms with E-state index >= 15 is 0 Å². The van der Waals surface area contributed by atoms with Crippen molar-refractivity contribution in [3.63, 3.8) is 0 Å². The van der Waals surface area contributed by atoms with Crippen molar-refractivity contribution < 1.29 is 19.4 Å². The third-order valence-corrected chi connectivity index (χ3v) is 3.41. The Morgan fingerprint density at radius 2 is 2.14 bits per heavy atom. The molecule has 0 saturated carbocycles. The highest BCUT2D eigenvalue weighted by Gasteiger charge is 2.22. The number of carboxylic acid groups (broad SMARTS) is 1. The van der Waals surface area contributed by atoms with E-state index in [1.54, 1.807) is 13.0 Å². The van der Waals surface area contributed by atoms with Crippen molar-refractivity contribution in [2.24, 2.45) is 0 Å². The van der Waals surface area contributed by atoms with Crippen LogP contribution in [0.15, 0.2) is 18.2 Å². The number of aromatic nitrogens is 2. The SMILES string of the molecule is CCCc1nc2cc(C(=O)O)ccc2n1C(C)C(=O)OC. The van der Waals surface area contributed by atoms with Crippen LogP contribution in [0.4, 0.5) is 0 Å². The number of hydrogen-bond acceptors (Lipinski definition) is 4. The van der Waals surface area contributed by atoms with Gasteiger partial charge in [-0.1, -0.05) is 6.92 Å². The van der Waals surface area contributed by atoms with Crippen LogP contribution in [-0.4, -0.2) is 33.7 Å². The molecule has 0 spiro atoms. The van der Waals surface area contributed by atoms with Crippen molar-refractivity contribution in [1.29, 1.82) is 0 Å². The van der Waals surface area contributed by atoms with Crippen molar-refractivity contribution >= 4 is 23.0 Å². The quantitative estimate of drug-likeness (QED) is 0.855. The zero-order chi connectivity index (χ0) is 15.6. The zero-order valence-corrected chi connectivity index (χ0v) is 12.3. The monoisotopic (exact) mass is 290 g/mol. The molecule has 0 saturated heterocycles. The highest BCUT2D eigenvalue weighted by atomic mass is 16.5. The summed E-state index contributed by atoms with van der Waals surface area (Å²) < 4.78 is 6.61. The minimum absolute atomic E-state index is 0.181. The van der Waals surface area contributed by atoms with Crippen molar-refractivity contribution in [2.75, 3.05) is 7.11 Å². The Hall–Kier alpha value is -2.37. The van der Waals surface area contributed by atoms with E-state index in [9.17, 15) is 9.59 Å². The summed E-state index contributed by atoms with van der Waals surface area (Å²) in [6.07, 6.45) is 1.58. The van der Waals surface area contributed by atoms with Crippen LogP contribution in [-0.2, 0) is 16.0 Å². The Morgan fingerprint density at radius 3 is 2.71 bits per heavy atom. The molecular formula is C15H18N2O4. The minimum Gasteiger partial charge on any atom is -0.478 e. The van der Waals surface area contributed by atoms with Crippen molar-refractivity contribution in [2.45, 2.75) is 32.7 Å². The molecule has 0 aliphatic rings. The molecule has 0 radical (unpaired) electrons. The molecule has 1 aromatic heterocycles. The number of methoxy groups -OCH3 is 1. The predicted molar refractivity (Wildman–Crippen MR) is 77.4 cm³/mol. The molecule has 21 heavy (non-hydrogen) atoms. The Balaban J connectivity index is 2.62. The van der Waals surface area contributed by atoms with Gasteiger partial charge in [0, 0.05) is 6.42 Å². The number of fused-ring (bicyclic) bond motifs is 1. The Kier molecular flexibility index (Phi) is 4.26. The number of carbonyl (C=O) groups is 2. The number of esters is 1. The molecule has 6 heteroatoms. The smallest absolute Gasteiger partial charge is 0.335 e. The molecule has 112 valence electrons. The first kappa shape index (κ1) is 15.0. The molecule has 1 atom stereocenters. The normalized spacial score (nSPS) is 12.3. The fourth-order valence-electron chi connectivity index (χ4n) is 2.39. The maximum atomic E-state index is 11.8. The summed E-state index contributed by atoms with van der Waals surface area (Å²) in [5.74, 6) is -0.591. The summed E-state index contributed by atoms with van der Waals surface area (Å²) in [6.45, 7) is 3.77. The van der Waals surface area contributed by atoms with Crippen LogP contribution >= 0.6 is 0 Å². The van der Waals surface area contributed by atoms with E-state index in [4.69, 9.17) is 9.84 Å². The molecule has 0 bridgehead atoms. The van der Waals surface area contributed by atoms with Gasteiger partial charge in [0.1, 0.15) is 11.9 Å². The third-order valence-electron chi connectivity index (χ3n) is 3.41. The number of ether oxygens (including phenoxy) is 1. The van der Waals surface area contributed by atoms with Gasteiger partial charge < -0.3 is 14.4 Å². The second kappa shape index (κ2) is 5.95. The van der Waals surface area contributed by atoms with E-state index < -0.39 is 12.0 Å². The molecule has 6 nitrogen and oxygen atoms in total. The molecule has 0 fully saturated rings. The molecule has 1 N–H and O–H groups in total. The number of hydrogen-bond donors (Lipinski definition) is 1. The lowest BCUT2D eigenvalue weighted by atomic mass is 10.2. The number of carboxylic acids is 1. The molecule has 0 aliphatic heterocycles. The fourth-order valence-corrected chi connectivity index (χ4v) is 2.39. The summed E-state index contributed by atoms with van der Waals surface area (Å²) >= 11 is 0. The lowest BCUT2D eigenvalue weighted by molar-refractivity contribution is -0.143. The second-order valence-corrected chi connectivity index (χ2v) is 4.86. The standard InChI is InChI=1S/C15H18N2O4/c1-4-5-13-16-11-8-10(14(18)19)6-7-12(11)17(13)9(2)15(20)21-3/h6-9H,4-5H2,1-3H3,(H,18,19). The molecule has 0 amide bonds. The van der Waals surface area contributed by atoms with Crippen molar-refractivity contribution in [3.05, 3.63) is 29.6 Å². The summed E-state index contributed by atoms with van der Waals surface area (Å²) in [7, 11) is 1.35. The van der Waals surface area contributed by atoms with Gasteiger partial charge in [0.05, 0.1) is 23.7 Å². The van der Waals surface area contributed by atoms with E-state index in [1.807, 2.05) is 11.5 Å². The van der Waals surface area contributed by atoms with Crippen LogP contribution in [0.5, 0.6) is 0 Å². The van der Waals surface area contributed by atoms with Gasteiger partial charge in [-0.25, -0.2) is 14.6 Å². The number of carbonyl (C=O) groups excluding carboxylic acids is 1. The van der Waals surface area contributed by atoms with Gasteiger partial charge in [0.2, 0.25) is 0 Å². The maximum absolute atomic E-state index is 11.8. The fraction of sp³-hybridized carbons (Fsp3) is 0.400. The molecule has 1 unspecified atom stereocenters. The number of nitrogens with zero attached hydrogens (tertiary/aromatic N) is 2. The molecule has 1 heterocycles. The summed E-state index contributed by atoms with van der Waals surface area (Å²) in [4.78, 5) is 27.3. The summed E-state index contributed by atoms with van der Waals surface area (Å²) in [5, 5.41) is 9.05. The first-order valence-corrected chi connectivity index (χ1v) is 6.81. The average Bonchev–Trinajstić information content (AvgIpc) is 2.82. The van der Waals surface area contributed by atoms with Crippen molar-refractivity contribution in [1.82, 2.24) is 9.55 Å². The van der Waals surface area contributed by atoms with E-state index in [-0.39, 0.29) is 11.5 Å². The number of aryl methyl sites for hydroxylation is 1. The first-order valence-electron chi connectivity index (χ1n) is 6.81. The Morgan fingerprint density at radius 1 is 1.43 bits per heavy atom. The van der Waals surface area contributed by atoms with Crippen LogP contribution in [0.2, 0.25) is 0 Å². The number of aromatic carboxylic acids is 1. The van der Waals surface area contributed by atoms with Crippen LogP contribution in [0.1, 0.15) is 42.5 Å². The van der Waals surface area contributed by atoms with Crippen LogP contribution < -0.4 is 0 Å². The molecular weight excluding hydrogens is 272 g/mol. The van der Waals surface area contributed by atoms with Crippen LogP contribution in [0, 0.1) is 0 Å². The Bertz CT molecular complexity index is 690.